The van der Waals surface area contributed by atoms with Crippen molar-refractivity contribution in [3.8, 4) is 0 Å². The van der Waals surface area contributed by atoms with Gasteiger partial charge in [0.1, 0.15) is 11.3 Å². The lowest BCUT2D eigenvalue weighted by atomic mass is 9.93. The number of carbonyl (C=O) groups is 2. The van der Waals surface area contributed by atoms with Crippen LogP contribution in [0.3, 0.4) is 0 Å². The maximum absolute atomic E-state index is 11.4. The van der Waals surface area contributed by atoms with Crippen LogP contribution in [-0.4, -0.2) is 39.7 Å². The van der Waals surface area contributed by atoms with E-state index in [1.165, 1.54) is 0 Å². The van der Waals surface area contributed by atoms with Crippen LogP contribution in [0.5, 0.6) is 0 Å². The van der Waals surface area contributed by atoms with Gasteiger partial charge in [0.25, 0.3) is 5.91 Å². The highest BCUT2D eigenvalue weighted by atomic mass is 19.4. The van der Waals surface area contributed by atoms with Gasteiger partial charge in [0, 0.05) is 0 Å². The van der Waals surface area contributed by atoms with Crippen LogP contribution >= 0.6 is 0 Å². The van der Waals surface area contributed by atoms with Crippen LogP contribution in [0, 0.1) is 0 Å². The smallest absolute Gasteiger partial charge is 0.475 e. The van der Waals surface area contributed by atoms with E-state index in [1.807, 2.05) is 12.1 Å². The van der Waals surface area contributed by atoms with Gasteiger partial charge in [0.05, 0.1) is 16.6 Å². The third-order valence-electron chi connectivity index (χ3n) is 4.32. The van der Waals surface area contributed by atoms with E-state index in [1.54, 1.807) is 6.07 Å². The highest BCUT2D eigenvalue weighted by molar-refractivity contribution is 6.04. The number of hydrogen-bond acceptors (Lipinski definition) is 4. The van der Waals surface area contributed by atoms with E-state index >= 15 is 0 Å². The van der Waals surface area contributed by atoms with Crippen molar-refractivity contribution in [1.82, 2.24) is 15.3 Å². The Kier molecular flexibility index (Phi) is 5.55. The molecule has 3 rings (SSSR count). The van der Waals surface area contributed by atoms with Crippen molar-refractivity contribution in [3.63, 3.8) is 0 Å². The van der Waals surface area contributed by atoms with Gasteiger partial charge in [-0.3, -0.25) is 4.79 Å². The van der Waals surface area contributed by atoms with Gasteiger partial charge < -0.3 is 21.1 Å². The molecule has 1 aromatic heterocycles. The number of rotatable bonds is 3. The number of amides is 1. The molecule has 5 N–H and O–H groups in total. The van der Waals surface area contributed by atoms with Gasteiger partial charge >= 0.3 is 12.1 Å². The molecule has 2 heterocycles. The van der Waals surface area contributed by atoms with Crippen molar-refractivity contribution in [3.05, 3.63) is 29.6 Å². The minimum absolute atomic E-state index is 0.0893. The number of benzene rings is 1. The molecule has 2 aromatic rings. The first-order valence-electron chi connectivity index (χ1n) is 7.95. The lowest BCUT2D eigenvalue weighted by Gasteiger charge is -2.25. The van der Waals surface area contributed by atoms with Crippen LogP contribution in [-0.2, 0) is 10.3 Å². The fourth-order valence-corrected chi connectivity index (χ4v) is 2.94. The Morgan fingerprint density at radius 2 is 2.04 bits per heavy atom. The van der Waals surface area contributed by atoms with Gasteiger partial charge in [-0.15, -0.1) is 0 Å². The minimum Gasteiger partial charge on any atom is -0.475 e. The molecule has 0 aliphatic carbocycles. The number of alkyl halides is 3. The number of halogens is 3. The van der Waals surface area contributed by atoms with E-state index in [-0.39, 0.29) is 5.54 Å². The number of H-pyrrole nitrogens is 1. The number of nitrogens with zero attached hydrogens (tertiary/aromatic N) is 1. The number of nitrogens with one attached hydrogen (secondary N) is 2. The second-order valence-electron chi connectivity index (χ2n) is 5.92. The molecule has 10 heteroatoms. The fourth-order valence-electron chi connectivity index (χ4n) is 2.94. The topological polar surface area (TPSA) is 121 Å². The number of aromatic nitrogens is 2. The Morgan fingerprint density at radius 3 is 2.50 bits per heavy atom. The SMILES string of the molecule is CCC1(c2nc3c(C(N)=O)cccc3[nH]2)CCCN1.O=C(O)C(F)(F)F. The highest BCUT2D eigenvalue weighted by Crippen LogP contribution is 2.33. The lowest BCUT2D eigenvalue weighted by molar-refractivity contribution is -0.192. The summed E-state index contributed by atoms with van der Waals surface area (Å²) in [5.74, 6) is -2.28. The first-order valence-corrected chi connectivity index (χ1v) is 7.95. The summed E-state index contributed by atoms with van der Waals surface area (Å²) in [6.45, 7) is 3.16. The van der Waals surface area contributed by atoms with Crippen molar-refractivity contribution in [1.29, 1.82) is 0 Å². The number of carboxylic acid groups (broad SMARTS) is 1. The average molecular weight is 372 g/mol. The number of aromatic amines is 1. The van der Waals surface area contributed by atoms with Crippen molar-refractivity contribution in [2.24, 2.45) is 5.73 Å². The number of fused-ring (bicyclic) bond motifs is 1. The van der Waals surface area contributed by atoms with Gasteiger partial charge in [-0.25, -0.2) is 9.78 Å². The fraction of sp³-hybridized carbons (Fsp3) is 0.438. The summed E-state index contributed by atoms with van der Waals surface area (Å²) in [4.78, 5) is 28.3. The first-order chi connectivity index (χ1) is 12.1. The molecule has 7 nitrogen and oxygen atoms in total. The Hall–Kier alpha value is -2.62. The number of aliphatic carboxylic acids is 1. The van der Waals surface area contributed by atoms with Crippen LogP contribution in [0.1, 0.15) is 42.4 Å². The molecule has 1 atom stereocenters. The summed E-state index contributed by atoms with van der Waals surface area (Å²) >= 11 is 0. The molecule has 0 saturated carbocycles. The summed E-state index contributed by atoms with van der Waals surface area (Å²) in [6.07, 6.45) is -1.90. The monoisotopic (exact) mass is 372 g/mol. The molecular weight excluding hydrogens is 353 g/mol. The van der Waals surface area contributed by atoms with Crippen LogP contribution in [0.2, 0.25) is 0 Å². The summed E-state index contributed by atoms with van der Waals surface area (Å²) < 4.78 is 31.7. The van der Waals surface area contributed by atoms with E-state index in [2.05, 4.69) is 22.2 Å². The number of carbonyl (C=O) groups excluding carboxylic acids is 1. The molecule has 0 bridgehead atoms. The van der Waals surface area contributed by atoms with Crippen LogP contribution < -0.4 is 11.1 Å². The molecule has 0 radical (unpaired) electrons. The van der Waals surface area contributed by atoms with Gasteiger partial charge in [-0.1, -0.05) is 13.0 Å². The Morgan fingerprint density at radius 1 is 1.38 bits per heavy atom. The molecule has 1 aromatic carbocycles. The number of para-hydroxylation sites is 1. The number of carboxylic acids is 1. The number of nitrogens with two attached hydrogens (primary N) is 1. The maximum Gasteiger partial charge on any atom is 0.490 e. The quantitative estimate of drug-likeness (QED) is 0.659. The Bertz CT molecular complexity index is 811. The molecule has 1 saturated heterocycles. The summed E-state index contributed by atoms with van der Waals surface area (Å²) in [5, 5.41) is 10.7. The maximum atomic E-state index is 11.4. The van der Waals surface area contributed by atoms with E-state index in [4.69, 9.17) is 15.6 Å². The van der Waals surface area contributed by atoms with Crippen LogP contribution in [0.25, 0.3) is 11.0 Å². The van der Waals surface area contributed by atoms with E-state index in [0.29, 0.717) is 11.1 Å². The summed E-state index contributed by atoms with van der Waals surface area (Å²) in [7, 11) is 0. The predicted molar refractivity (Wildman–Crippen MR) is 87.5 cm³/mol. The van der Waals surface area contributed by atoms with E-state index in [9.17, 15) is 18.0 Å². The molecule has 1 amide bonds. The molecule has 142 valence electrons. The standard InChI is InChI=1S/C14H18N4O.C2HF3O2/c1-2-14(7-4-8-16-14)13-17-10-6-3-5-9(12(15)19)11(10)18-13;3-2(4,5)1(6)7/h3,5-6,16H,2,4,7-8H2,1H3,(H2,15,19)(H,17,18);(H,6,7). The van der Waals surface area contributed by atoms with E-state index < -0.39 is 18.1 Å². The van der Waals surface area contributed by atoms with Crippen molar-refractivity contribution in [2.45, 2.75) is 37.9 Å². The Labute approximate surface area is 146 Å². The van der Waals surface area contributed by atoms with Gasteiger partial charge in [-0.2, -0.15) is 13.2 Å². The molecule has 26 heavy (non-hydrogen) atoms. The number of primary amides is 1. The predicted octanol–water partition coefficient (Wildman–Crippen LogP) is 2.28. The van der Waals surface area contributed by atoms with Gasteiger partial charge in [-0.05, 0) is 37.9 Å². The lowest BCUT2D eigenvalue weighted by Crippen LogP contribution is -2.37. The first kappa shape index (κ1) is 19.7. The number of hydrogen-bond donors (Lipinski definition) is 4. The third kappa shape index (κ3) is 3.96. The summed E-state index contributed by atoms with van der Waals surface area (Å²) in [5.41, 5.74) is 7.33. The third-order valence-corrected chi connectivity index (χ3v) is 4.32. The zero-order valence-corrected chi connectivity index (χ0v) is 14.0. The zero-order chi connectivity index (χ0) is 19.5. The highest BCUT2D eigenvalue weighted by Gasteiger charge is 2.38. The van der Waals surface area contributed by atoms with E-state index in [0.717, 1.165) is 37.1 Å². The van der Waals surface area contributed by atoms with Crippen molar-refractivity contribution in [2.75, 3.05) is 6.54 Å². The van der Waals surface area contributed by atoms with Crippen molar-refractivity contribution < 1.29 is 27.9 Å². The number of imidazole rings is 1. The Balaban J connectivity index is 0.000000298. The second-order valence-corrected chi connectivity index (χ2v) is 5.92. The molecule has 1 aliphatic heterocycles. The summed E-state index contributed by atoms with van der Waals surface area (Å²) in [6, 6.07) is 5.47. The van der Waals surface area contributed by atoms with Crippen LogP contribution in [0.4, 0.5) is 13.2 Å². The molecule has 1 aliphatic rings. The molecule has 1 fully saturated rings. The molecular formula is C16H19F3N4O3. The average Bonchev–Trinajstić information content (AvgIpc) is 3.21. The van der Waals surface area contributed by atoms with Gasteiger partial charge in [0.15, 0.2) is 0 Å². The second kappa shape index (κ2) is 7.32. The van der Waals surface area contributed by atoms with Crippen molar-refractivity contribution >= 4 is 22.9 Å². The zero-order valence-electron chi connectivity index (χ0n) is 14.0. The minimum atomic E-state index is -5.08. The van der Waals surface area contributed by atoms with Gasteiger partial charge in [0.2, 0.25) is 0 Å². The normalized spacial score (nSPS) is 19.8. The molecule has 1 unspecified atom stereocenters. The van der Waals surface area contributed by atoms with Crippen LogP contribution in [0.15, 0.2) is 18.2 Å². The molecule has 0 spiro atoms. The largest absolute Gasteiger partial charge is 0.490 e.